The summed E-state index contributed by atoms with van der Waals surface area (Å²) in [5.74, 6) is -0.0892. The highest BCUT2D eigenvalue weighted by Crippen LogP contribution is 2.60. The Kier molecular flexibility index (Phi) is 4.40. The standard InChI is InChI=1S/C23H28BrFN2O2/c24-16-2-1-3-17(10-16)27(19(28)18-13-23(25)11-15(18)12-23)14-21-4-7-22(8-5-21,9-6-21)20(26)29/h1-3,10,15,18H,4-9,11-14H2,(H2,26,29). The van der Waals surface area contributed by atoms with Gasteiger partial charge in [-0.2, -0.15) is 0 Å². The Bertz CT molecular complexity index is 842. The second-order valence-electron chi connectivity index (χ2n) is 10.2. The zero-order valence-corrected chi connectivity index (χ0v) is 18.2. The maximum atomic E-state index is 14.5. The number of carbonyl (C=O) groups is 2. The number of nitrogens with two attached hydrogens (primary N) is 1. The maximum absolute atomic E-state index is 14.5. The average Bonchev–Trinajstić information content (AvgIpc) is 3.20. The number of primary amides is 1. The molecule has 1 aromatic carbocycles. The Morgan fingerprint density at radius 2 is 1.76 bits per heavy atom. The monoisotopic (exact) mass is 462 g/mol. The van der Waals surface area contributed by atoms with Crippen molar-refractivity contribution in [2.24, 2.45) is 28.4 Å². The van der Waals surface area contributed by atoms with E-state index in [0.29, 0.717) is 25.8 Å². The second kappa shape index (κ2) is 6.53. The number of amides is 2. The van der Waals surface area contributed by atoms with E-state index in [1.165, 1.54) is 0 Å². The molecule has 6 aliphatic carbocycles. The molecule has 6 heteroatoms. The van der Waals surface area contributed by atoms with Crippen molar-refractivity contribution in [2.45, 2.75) is 63.5 Å². The van der Waals surface area contributed by atoms with Crippen molar-refractivity contribution >= 4 is 33.4 Å². The molecule has 4 nitrogen and oxygen atoms in total. The molecule has 2 amide bonds. The summed E-state index contributed by atoms with van der Waals surface area (Å²) in [6.07, 6.45) is 6.70. The van der Waals surface area contributed by atoms with E-state index >= 15 is 0 Å². The fourth-order valence-electron chi connectivity index (χ4n) is 6.53. The molecule has 1 unspecified atom stereocenters. The van der Waals surface area contributed by atoms with E-state index in [4.69, 9.17) is 5.73 Å². The van der Waals surface area contributed by atoms with Gasteiger partial charge in [-0.15, -0.1) is 0 Å². The fraction of sp³-hybridized carbons (Fsp3) is 0.652. The van der Waals surface area contributed by atoms with Crippen LogP contribution in [0.5, 0.6) is 0 Å². The number of fused-ring (bicyclic) bond motifs is 4. The van der Waals surface area contributed by atoms with E-state index in [0.717, 1.165) is 48.7 Å². The van der Waals surface area contributed by atoms with Crippen LogP contribution >= 0.6 is 15.9 Å². The molecular weight excluding hydrogens is 435 g/mol. The number of nitrogens with zero attached hydrogens (tertiary/aromatic N) is 1. The third-order valence-corrected chi connectivity index (χ3v) is 9.03. The SMILES string of the molecule is NC(=O)C12CCC(CN(C(=O)C3CC4(F)CC3C4)c3cccc(Br)c3)(CC1)CC2. The molecule has 0 saturated heterocycles. The lowest BCUT2D eigenvalue weighted by Gasteiger charge is -2.53. The predicted octanol–water partition coefficient (Wildman–Crippen LogP) is 4.75. The smallest absolute Gasteiger partial charge is 0.230 e. The summed E-state index contributed by atoms with van der Waals surface area (Å²) < 4.78 is 15.5. The highest BCUT2D eigenvalue weighted by atomic mass is 79.9. The number of carbonyl (C=O) groups excluding carboxylic acids is 2. The van der Waals surface area contributed by atoms with Gasteiger partial charge in [-0.25, -0.2) is 4.39 Å². The van der Waals surface area contributed by atoms with Crippen molar-refractivity contribution in [3.63, 3.8) is 0 Å². The van der Waals surface area contributed by atoms with Crippen LogP contribution in [0.25, 0.3) is 0 Å². The number of hydrogen-bond acceptors (Lipinski definition) is 2. The Morgan fingerprint density at radius 1 is 1.10 bits per heavy atom. The largest absolute Gasteiger partial charge is 0.369 e. The second-order valence-corrected chi connectivity index (χ2v) is 11.1. The van der Waals surface area contributed by atoms with Gasteiger partial charge >= 0.3 is 0 Å². The van der Waals surface area contributed by atoms with Gasteiger partial charge in [0.05, 0.1) is 0 Å². The number of alkyl halides is 1. The van der Waals surface area contributed by atoms with Gasteiger partial charge in [0.1, 0.15) is 5.67 Å². The molecule has 0 aliphatic heterocycles. The molecule has 7 rings (SSSR count). The molecule has 1 aromatic rings. The van der Waals surface area contributed by atoms with Crippen LogP contribution in [-0.4, -0.2) is 24.0 Å². The lowest BCUT2D eigenvalue weighted by molar-refractivity contribution is -0.137. The molecule has 6 aliphatic rings. The first-order valence-electron chi connectivity index (χ1n) is 10.8. The molecule has 4 bridgehead atoms. The number of anilines is 1. The Balaban J connectivity index is 1.41. The van der Waals surface area contributed by atoms with Crippen LogP contribution in [0.1, 0.15) is 57.8 Å². The molecule has 6 fully saturated rings. The summed E-state index contributed by atoms with van der Waals surface area (Å²) in [4.78, 5) is 27.5. The summed E-state index contributed by atoms with van der Waals surface area (Å²) >= 11 is 3.53. The average molecular weight is 463 g/mol. The van der Waals surface area contributed by atoms with Gasteiger partial charge in [0.15, 0.2) is 0 Å². The van der Waals surface area contributed by atoms with Crippen molar-refractivity contribution in [2.75, 3.05) is 11.4 Å². The quantitative estimate of drug-likeness (QED) is 0.686. The van der Waals surface area contributed by atoms with Crippen LogP contribution in [0.3, 0.4) is 0 Å². The van der Waals surface area contributed by atoms with E-state index in [9.17, 15) is 14.0 Å². The first kappa shape index (κ1) is 19.5. The number of halogens is 2. The van der Waals surface area contributed by atoms with Crippen LogP contribution in [-0.2, 0) is 9.59 Å². The van der Waals surface area contributed by atoms with Gasteiger partial charge in [0.2, 0.25) is 11.8 Å². The molecule has 0 aromatic heterocycles. The first-order valence-corrected chi connectivity index (χ1v) is 11.6. The van der Waals surface area contributed by atoms with E-state index in [2.05, 4.69) is 15.9 Å². The minimum Gasteiger partial charge on any atom is -0.369 e. The van der Waals surface area contributed by atoms with Gasteiger partial charge in [0.25, 0.3) is 0 Å². The molecule has 0 radical (unpaired) electrons. The zero-order valence-electron chi connectivity index (χ0n) is 16.6. The summed E-state index contributed by atoms with van der Waals surface area (Å²) in [5, 5.41) is 0. The molecule has 6 saturated carbocycles. The summed E-state index contributed by atoms with van der Waals surface area (Å²) in [5.41, 5.74) is 5.18. The van der Waals surface area contributed by atoms with Crippen LogP contribution < -0.4 is 10.6 Å². The zero-order chi connectivity index (χ0) is 20.4. The maximum Gasteiger partial charge on any atom is 0.230 e. The van der Waals surface area contributed by atoms with Crippen molar-refractivity contribution in [3.05, 3.63) is 28.7 Å². The lowest BCUT2D eigenvalue weighted by Crippen LogP contribution is -2.53. The Morgan fingerprint density at radius 3 is 2.28 bits per heavy atom. The normalized spacial score (nSPS) is 39.8. The first-order chi connectivity index (χ1) is 13.7. The van der Waals surface area contributed by atoms with Gasteiger partial charge in [-0.05, 0) is 87.3 Å². The van der Waals surface area contributed by atoms with E-state index in [1.807, 2.05) is 29.2 Å². The highest BCUT2D eigenvalue weighted by Gasteiger charge is 2.60. The fourth-order valence-corrected chi connectivity index (χ4v) is 6.91. The summed E-state index contributed by atoms with van der Waals surface area (Å²) in [7, 11) is 0. The summed E-state index contributed by atoms with van der Waals surface area (Å²) in [6.45, 7) is 0.652. The van der Waals surface area contributed by atoms with Crippen LogP contribution in [0, 0.1) is 22.7 Å². The molecule has 29 heavy (non-hydrogen) atoms. The van der Waals surface area contributed by atoms with Gasteiger partial charge in [0, 0.05) is 28.0 Å². The molecule has 156 valence electrons. The molecule has 0 heterocycles. The van der Waals surface area contributed by atoms with E-state index < -0.39 is 5.67 Å². The minimum absolute atomic E-state index is 0.0319. The third kappa shape index (κ3) is 3.13. The van der Waals surface area contributed by atoms with Crippen molar-refractivity contribution < 1.29 is 14.0 Å². The highest BCUT2D eigenvalue weighted by molar-refractivity contribution is 9.10. The van der Waals surface area contributed by atoms with Crippen LogP contribution in [0.15, 0.2) is 28.7 Å². The van der Waals surface area contributed by atoms with Crippen LogP contribution in [0.4, 0.5) is 10.1 Å². The minimum atomic E-state index is -1.11. The third-order valence-electron chi connectivity index (χ3n) is 8.53. The van der Waals surface area contributed by atoms with E-state index in [-0.39, 0.29) is 34.5 Å². The predicted molar refractivity (Wildman–Crippen MR) is 113 cm³/mol. The molecule has 1 atom stereocenters. The number of benzene rings is 1. The number of rotatable bonds is 5. The van der Waals surface area contributed by atoms with Gasteiger partial charge < -0.3 is 10.6 Å². The Labute approximate surface area is 179 Å². The van der Waals surface area contributed by atoms with Crippen molar-refractivity contribution in [1.29, 1.82) is 0 Å². The molecule has 2 N–H and O–H groups in total. The topological polar surface area (TPSA) is 63.4 Å². The molecular formula is C23H28BrFN2O2. The van der Waals surface area contributed by atoms with Crippen LogP contribution in [0.2, 0.25) is 0 Å². The van der Waals surface area contributed by atoms with Crippen molar-refractivity contribution in [3.8, 4) is 0 Å². The van der Waals surface area contributed by atoms with E-state index in [1.54, 1.807) is 0 Å². The van der Waals surface area contributed by atoms with Gasteiger partial charge in [-0.3, -0.25) is 9.59 Å². The lowest BCUT2D eigenvalue weighted by atomic mass is 9.53. The molecule has 0 spiro atoms. The Hall–Kier alpha value is -1.43. The summed E-state index contributed by atoms with van der Waals surface area (Å²) in [6, 6.07) is 7.86. The number of hydrogen-bond donors (Lipinski definition) is 1. The van der Waals surface area contributed by atoms with Crippen molar-refractivity contribution in [1.82, 2.24) is 0 Å². The van der Waals surface area contributed by atoms with Gasteiger partial charge in [-0.1, -0.05) is 22.0 Å².